The van der Waals surface area contributed by atoms with Gasteiger partial charge in [-0.05, 0) is 61.8 Å². The molecule has 0 bridgehead atoms. The van der Waals surface area contributed by atoms with Gasteiger partial charge in [-0.25, -0.2) is 18.4 Å². The van der Waals surface area contributed by atoms with Crippen LogP contribution < -0.4 is 15.8 Å². The lowest BCUT2D eigenvalue weighted by atomic mass is 9.92. The van der Waals surface area contributed by atoms with Crippen LogP contribution in [0.2, 0.25) is 0 Å². The van der Waals surface area contributed by atoms with Gasteiger partial charge >= 0.3 is 6.03 Å². The average Bonchev–Trinajstić information content (AvgIpc) is 3.42. The van der Waals surface area contributed by atoms with E-state index in [1.165, 1.54) is 0 Å². The van der Waals surface area contributed by atoms with E-state index >= 15 is 0 Å². The van der Waals surface area contributed by atoms with Crippen LogP contribution in [0.25, 0.3) is 21.6 Å². The fourth-order valence-corrected chi connectivity index (χ4v) is 7.09. The van der Waals surface area contributed by atoms with Crippen molar-refractivity contribution in [2.24, 2.45) is 11.1 Å². The Morgan fingerprint density at radius 3 is 2.74 bits per heavy atom. The molecule has 1 saturated carbocycles. The lowest BCUT2D eigenvalue weighted by Gasteiger charge is -2.19. The number of nitrogens with one attached hydrogen (secondary N) is 2. The zero-order chi connectivity index (χ0) is 22.0. The summed E-state index contributed by atoms with van der Waals surface area (Å²) in [5, 5.41) is 11.5. The van der Waals surface area contributed by atoms with Crippen LogP contribution in [0, 0.1) is 12.8 Å². The SMILES string of the molecule is Cc1c(-c2cc3ccccc3o2)sc(S(N)(=O)=O)c1CC1CCC2(C1)NC(=O)NC2=O. The van der Waals surface area contributed by atoms with E-state index in [1.54, 1.807) is 0 Å². The molecular formula is C21H21N3O5S2. The van der Waals surface area contributed by atoms with Gasteiger partial charge in [-0.2, -0.15) is 0 Å². The van der Waals surface area contributed by atoms with Gasteiger partial charge in [-0.3, -0.25) is 10.1 Å². The van der Waals surface area contributed by atoms with Crippen molar-refractivity contribution in [3.63, 3.8) is 0 Å². The number of carbonyl (C=O) groups is 2. The van der Waals surface area contributed by atoms with E-state index in [9.17, 15) is 18.0 Å². The molecule has 2 unspecified atom stereocenters. The summed E-state index contributed by atoms with van der Waals surface area (Å²) in [6, 6.07) is 9.01. The van der Waals surface area contributed by atoms with Gasteiger partial charge in [0, 0.05) is 5.39 Å². The molecular weight excluding hydrogens is 438 g/mol. The lowest BCUT2D eigenvalue weighted by molar-refractivity contribution is -0.123. The lowest BCUT2D eigenvalue weighted by Crippen LogP contribution is -2.44. The fourth-order valence-electron chi connectivity index (χ4n) is 4.77. The third kappa shape index (κ3) is 3.35. The summed E-state index contributed by atoms with van der Waals surface area (Å²) in [6.45, 7) is 1.87. The summed E-state index contributed by atoms with van der Waals surface area (Å²) in [5.41, 5.74) is 1.31. The van der Waals surface area contributed by atoms with Gasteiger partial charge in [0.2, 0.25) is 10.0 Å². The first-order valence-corrected chi connectivity index (χ1v) is 12.3. The summed E-state index contributed by atoms with van der Waals surface area (Å²) >= 11 is 1.11. The molecule has 2 aliphatic rings. The van der Waals surface area contributed by atoms with Gasteiger partial charge in [0.05, 0.1) is 4.88 Å². The second-order valence-electron chi connectivity index (χ2n) is 8.32. The molecule has 10 heteroatoms. The zero-order valence-electron chi connectivity index (χ0n) is 16.7. The molecule has 3 amide bonds. The molecule has 3 heterocycles. The van der Waals surface area contributed by atoms with E-state index in [-0.39, 0.29) is 16.0 Å². The number of sulfonamides is 1. The molecule has 2 fully saturated rings. The maximum Gasteiger partial charge on any atom is 0.322 e. The van der Waals surface area contributed by atoms with Gasteiger partial charge in [-0.1, -0.05) is 18.2 Å². The number of urea groups is 1. The molecule has 8 nitrogen and oxygen atoms in total. The molecule has 1 spiro atoms. The minimum absolute atomic E-state index is 0.0430. The van der Waals surface area contributed by atoms with E-state index in [0.717, 1.165) is 32.7 Å². The van der Waals surface area contributed by atoms with Crippen LogP contribution in [0.4, 0.5) is 4.79 Å². The largest absolute Gasteiger partial charge is 0.455 e. The summed E-state index contributed by atoms with van der Waals surface area (Å²) in [4.78, 5) is 24.6. The number of hydrogen-bond acceptors (Lipinski definition) is 6. The number of hydrogen-bond donors (Lipinski definition) is 3. The van der Waals surface area contributed by atoms with Crippen LogP contribution >= 0.6 is 11.3 Å². The third-order valence-electron chi connectivity index (χ3n) is 6.27. The Balaban J connectivity index is 1.51. The predicted octanol–water partition coefficient (Wildman–Crippen LogP) is 3.04. The van der Waals surface area contributed by atoms with Crippen LogP contribution in [0.15, 0.2) is 39.0 Å². The fraction of sp³-hybridized carbons (Fsp3) is 0.333. The van der Waals surface area contributed by atoms with Crippen molar-refractivity contribution in [3.8, 4) is 10.6 Å². The first-order valence-electron chi connectivity index (χ1n) is 9.94. The maximum atomic E-state index is 12.4. The first kappa shape index (κ1) is 20.2. The molecule has 1 saturated heterocycles. The molecule has 2 aromatic heterocycles. The number of thiophene rings is 1. The average molecular weight is 460 g/mol. The molecule has 162 valence electrons. The molecule has 5 rings (SSSR count). The highest BCUT2D eigenvalue weighted by Crippen LogP contribution is 2.44. The number of amides is 3. The molecule has 4 N–H and O–H groups in total. The van der Waals surface area contributed by atoms with Crippen molar-refractivity contribution in [3.05, 3.63) is 41.5 Å². The number of carbonyl (C=O) groups excluding carboxylic acids is 2. The number of rotatable bonds is 4. The number of furan rings is 1. The van der Waals surface area contributed by atoms with Crippen molar-refractivity contribution in [2.75, 3.05) is 0 Å². The predicted molar refractivity (Wildman–Crippen MR) is 116 cm³/mol. The Bertz CT molecular complexity index is 1310. The van der Waals surface area contributed by atoms with Crippen LogP contribution in [-0.2, 0) is 21.2 Å². The van der Waals surface area contributed by atoms with Gasteiger partial charge in [0.25, 0.3) is 5.91 Å². The monoisotopic (exact) mass is 459 g/mol. The number of fused-ring (bicyclic) bond motifs is 1. The second kappa shape index (κ2) is 6.91. The molecule has 0 radical (unpaired) electrons. The van der Waals surface area contributed by atoms with Crippen molar-refractivity contribution in [1.29, 1.82) is 0 Å². The Kier molecular flexibility index (Phi) is 4.51. The number of para-hydroxylation sites is 1. The first-order chi connectivity index (χ1) is 14.7. The van der Waals surface area contributed by atoms with Crippen LogP contribution in [0.5, 0.6) is 0 Å². The van der Waals surface area contributed by atoms with Gasteiger partial charge in [0.1, 0.15) is 21.1 Å². The second-order valence-corrected chi connectivity index (χ2v) is 11.1. The highest BCUT2D eigenvalue weighted by molar-refractivity contribution is 7.91. The Morgan fingerprint density at radius 1 is 1.29 bits per heavy atom. The molecule has 31 heavy (non-hydrogen) atoms. The number of benzene rings is 1. The van der Waals surface area contributed by atoms with Crippen molar-refractivity contribution < 1.29 is 22.4 Å². The van der Waals surface area contributed by atoms with E-state index in [2.05, 4.69) is 10.6 Å². The summed E-state index contributed by atoms with van der Waals surface area (Å²) in [7, 11) is -3.93. The maximum absolute atomic E-state index is 12.4. The minimum atomic E-state index is -3.93. The molecule has 2 atom stereocenters. The highest BCUT2D eigenvalue weighted by atomic mass is 32.2. The van der Waals surface area contributed by atoms with Crippen LogP contribution in [-0.4, -0.2) is 25.9 Å². The standard InChI is InChI=1S/C21H21N3O5S2/c1-11-14(8-12-6-7-21(10-12)19(25)23-20(26)24-21)18(31(22,27)28)30-17(11)16-9-13-4-2-3-5-15(13)29-16/h2-5,9,12H,6-8,10H2,1H3,(H2,22,27,28)(H2,23,24,25,26). The van der Waals surface area contributed by atoms with Crippen molar-refractivity contribution in [2.45, 2.75) is 42.4 Å². The van der Waals surface area contributed by atoms with E-state index in [4.69, 9.17) is 9.56 Å². The van der Waals surface area contributed by atoms with Gasteiger partial charge in [0.15, 0.2) is 0 Å². The Labute approximate surface area is 182 Å². The summed E-state index contributed by atoms with van der Waals surface area (Å²) in [5.74, 6) is 0.336. The van der Waals surface area contributed by atoms with E-state index in [0.29, 0.717) is 37.0 Å². The van der Waals surface area contributed by atoms with Crippen LogP contribution in [0.1, 0.15) is 30.4 Å². The van der Waals surface area contributed by atoms with E-state index < -0.39 is 21.6 Å². The van der Waals surface area contributed by atoms with Crippen molar-refractivity contribution >= 4 is 44.3 Å². The highest BCUT2D eigenvalue weighted by Gasteiger charge is 2.51. The Hall–Kier alpha value is -2.69. The van der Waals surface area contributed by atoms with Crippen molar-refractivity contribution in [1.82, 2.24) is 10.6 Å². The van der Waals surface area contributed by atoms with Crippen LogP contribution in [0.3, 0.4) is 0 Å². The molecule has 1 aliphatic carbocycles. The molecule has 1 aliphatic heterocycles. The molecule has 1 aromatic carbocycles. The summed E-state index contributed by atoms with van der Waals surface area (Å²) < 4.78 is 30.8. The van der Waals surface area contributed by atoms with Gasteiger partial charge < -0.3 is 9.73 Å². The smallest absolute Gasteiger partial charge is 0.322 e. The normalized spacial score (nSPS) is 23.6. The number of primary sulfonamides is 1. The third-order valence-corrected chi connectivity index (χ3v) is 9.12. The topological polar surface area (TPSA) is 132 Å². The van der Waals surface area contributed by atoms with Gasteiger partial charge in [-0.15, -0.1) is 11.3 Å². The number of nitrogens with two attached hydrogens (primary N) is 1. The van der Waals surface area contributed by atoms with E-state index in [1.807, 2.05) is 37.3 Å². The zero-order valence-corrected chi connectivity index (χ0v) is 18.4. The Morgan fingerprint density at radius 2 is 2.06 bits per heavy atom. The summed E-state index contributed by atoms with van der Waals surface area (Å²) in [6.07, 6.45) is 2.15. The number of imide groups is 1. The molecule has 3 aromatic rings. The minimum Gasteiger partial charge on any atom is -0.455 e. The quantitative estimate of drug-likeness (QED) is 0.516.